The van der Waals surface area contributed by atoms with Crippen molar-refractivity contribution in [1.82, 2.24) is 9.80 Å². The van der Waals surface area contributed by atoms with Gasteiger partial charge in [-0.15, -0.1) is 0 Å². The molecule has 1 saturated heterocycles. The van der Waals surface area contributed by atoms with Gasteiger partial charge in [0, 0.05) is 38.8 Å². The molecule has 0 bridgehead atoms. The van der Waals surface area contributed by atoms with Crippen LogP contribution in [0.1, 0.15) is 39.2 Å². The number of benzene rings is 1. The fourth-order valence-electron chi connectivity index (χ4n) is 3.17. The number of carbonyl (C=O) groups excluding carboxylic acids is 1. The lowest BCUT2D eigenvalue weighted by molar-refractivity contribution is -0.127. The molecule has 1 aromatic rings. The fraction of sp³-hybridized carbons (Fsp3) is 0.591. The molecule has 1 amide bonds. The van der Waals surface area contributed by atoms with Gasteiger partial charge >= 0.3 is 0 Å². The van der Waals surface area contributed by atoms with E-state index in [1.165, 1.54) is 0 Å². The third kappa shape index (κ3) is 6.90. The molecule has 27 heavy (non-hydrogen) atoms. The average molecular weight is 375 g/mol. The van der Waals surface area contributed by atoms with Gasteiger partial charge in [0.25, 0.3) is 0 Å². The van der Waals surface area contributed by atoms with Crippen molar-refractivity contribution in [3.05, 3.63) is 29.8 Å². The minimum absolute atomic E-state index is 0.0708. The van der Waals surface area contributed by atoms with E-state index < -0.39 is 0 Å². The quantitative estimate of drug-likeness (QED) is 0.488. The topological polar surface area (TPSA) is 42.0 Å². The Morgan fingerprint density at radius 1 is 1.19 bits per heavy atom. The largest absolute Gasteiger partial charge is 0.493 e. The number of hydrogen-bond acceptors (Lipinski definition) is 4. The summed E-state index contributed by atoms with van der Waals surface area (Å²) >= 11 is 0. The highest BCUT2D eigenvalue weighted by atomic mass is 16.5. The van der Waals surface area contributed by atoms with E-state index in [-0.39, 0.29) is 5.91 Å². The Balaban J connectivity index is 1.90. The van der Waals surface area contributed by atoms with E-state index in [4.69, 9.17) is 9.47 Å². The molecule has 150 valence electrons. The van der Waals surface area contributed by atoms with Crippen LogP contribution in [0.2, 0.25) is 0 Å². The van der Waals surface area contributed by atoms with Gasteiger partial charge in [0.05, 0.1) is 13.7 Å². The summed E-state index contributed by atoms with van der Waals surface area (Å²) in [5.74, 6) is 2.18. The highest BCUT2D eigenvalue weighted by molar-refractivity contribution is 5.92. The van der Waals surface area contributed by atoms with Crippen molar-refractivity contribution in [3.8, 4) is 11.5 Å². The smallest absolute Gasteiger partial charge is 0.246 e. The molecular weight excluding hydrogens is 340 g/mol. The van der Waals surface area contributed by atoms with E-state index in [9.17, 15) is 4.79 Å². The molecule has 1 fully saturated rings. The van der Waals surface area contributed by atoms with E-state index in [2.05, 4.69) is 25.7 Å². The lowest BCUT2D eigenvalue weighted by Gasteiger charge is -2.35. The number of ether oxygens (including phenoxy) is 2. The molecule has 0 atom stereocenters. The Kier molecular flexibility index (Phi) is 8.65. The maximum absolute atomic E-state index is 12.5. The second-order valence-electron chi connectivity index (χ2n) is 7.47. The van der Waals surface area contributed by atoms with Gasteiger partial charge in [-0.3, -0.25) is 9.69 Å². The molecule has 5 heteroatoms. The molecule has 2 rings (SSSR count). The summed E-state index contributed by atoms with van der Waals surface area (Å²) in [6, 6.07) is 5.77. The normalized spacial score (nSPS) is 15.5. The number of nitrogens with zero attached hydrogens (tertiary/aromatic N) is 2. The summed E-state index contributed by atoms with van der Waals surface area (Å²) in [5.41, 5.74) is 0.932. The van der Waals surface area contributed by atoms with Gasteiger partial charge in [0.1, 0.15) is 0 Å². The van der Waals surface area contributed by atoms with Crippen LogP contribution in [0.15, 0.2) is 24.3 Å². The first-order valence-corrected chi connectivity index (χ1v) is 10.0. The van der Waals surface area contributed by atoms with Crippen molar-refractivity contribution in [2.45, 2.75) is 33.6 Å². The molecular formula is C22H34N2O3. The van der Waals surface area contributed by atoms with E-state index in [1.54, 1.807) is 13.2 Å². The highest BCUT2D eigenvalue weighted by Crippen LogP contribution is 2.28. The van der Waals surface area contributed by atoms with Crippen LogP contribution in [0, 0.1) is 5.92 Å². The molecule has 0 unspecified atom stereocenters. The molecule has 1 aliphatic rings. The van der Waals surface area contributed by atoms with Crippen molar-refractivity contribution in [2.24, 2.45) is 5.92 Å². The minimum atomic E-state index is 0.0708. The van der Waals surface area contributed by atoms with Crippen molar-refractivity contribution in [2.75, 3.05) is 46.4 Å². The number of unbranched alkanes of at least 4 members (excludes halogenated alkanes) is 1. The average Bonchev–Trinajstić information content (AvgIpc) is 2.67. The first kappa shape index (κ1) is 21.3. The lowest BCUT2D eigenvalue weighted by atomic mass is 10.1. The van der Waals surface area contributed by atoms with Crippen LogP contribution < -0.4 is 9.47 Å². The molecule has 1 heterocycles. The SMILES string of the molecule is CCCCOc1ccc(/C=C/C(=O)N2CCN(CC(C)C)CC2)cc1OC. The molecule has 0 saturated carbocycles. The van der Waals surface area contributed by atoms with Gasteiger partial charge < -0.3 is 14.4 Å². The van der Waals surface area contributed by atoms with Crippen molar-refractivity contribution in [1.29, 1.82) is 0 Å². The Labute approximate surface area is 163 Å². The van der Waals surface area contributed by atoms with Crippen LogP contribution in [-0.2, 0) is 4.79 Å². The molecule has 5 nitrogen and oxygen atoms in total. The third-order valence-corrected chi connectivity index (χ3v) is 4.67. The molecule has 0 N–H and O–H groups in total. The first-order valence-electron chi connectivity index (χ1n) is 10.0. The predicted octanol–water partition coefficient (Wildman–Crippen LogP) is 3.69. The molecule has 1 aromatic carbocycles. The van der Waals surface area contributed by atoms with Crippen LogP contribution in [0.4, 0.5) is 0 Å². The third-order valence-electron chi connectivity index (χ3n) is 4.67. The number of methoxy groups -OCH3 is 1. The zero-order valence-corrected chi connectivity index (χ0v) is 17.2. The summed E-state index contributed by atoms with van der Waals surface area (Å²) in [6.45, 7) is 11.9. The zero-order chi connectivity index (χ0) is 19.6. The molecule has 0 aromatic heterocycles. The molecule has 0 radical (unpaired) electrons. The predicted molar refractivity (Wildman–Crippen MR) is 110 cm³/mol. The van der Waals surface area contributed by atoms with E-state index in [0.29, 0.717) is 18.3 Å². The summed E-state index contributed by atoms with van der Waals surface area (Å²) in [7, 11) is 1.64. The van der Waals surface area contributed by atoms with Crippen molar-refractivity contribution < 1.29 is 14.3 Å². The van der Waals surface area contributed by atoms with Gasteiger partial charge in [-0.2, -0.15) is 0 Å². The van der Waals surface area contributed by atoms with Crippen molar-refractivity contribution in [3.63, 3.8) is 0 Å². The van der Waals surface area contributed by atoms with Crippen LogP contribution in [0.25, 0.3) is 6.08 Å². The molecule has 0 spiro atoms. The highest BCUT2D eigenvalue weighted by Gasteiger charge is 2.19. The monoisotopic (exact) mass is 374 g/mol. The second-order valence-corrected chi connectivity index (χ2v) is 7.47. The van der Waals surface area contributed by atoms with E-state index in [0.717, 1.165) is 56.9 Å². The first-order chi connectivity index (χ1) is 13.0. The summed E-state index contributed by atoms with van der Waals surface area (Å²) in [4.78, 5) is 16.8. The molecule has 0 aliphatic carbocycles. The summed E-state index contributed by atoms with van der Waals surface area (Å²) in [5, 5.41) is 0. The number of rotatable bonds is 9. The molecule has 1 aliphatic heterocycles. The maximum Gasteiger partial charge on any atom is 0.246 e. The van der Waals surface area contributed by atoms with Crippen molar-refractivity contribution >= 4 is 12.0 Å². The Morgan fingerprint density at radius 3 is 2.56 bits per heavy atom. The van der Waals surface area contributed by atoms with Crippen LogP contribution >= 0.6 is 0 Å². The second kappa shape index (κ2) is 11.0. The Morgan fingerprint density at radius 2 is 1.93 bits per heavy atom. The Bertz CT molecular complexity index is 620. The summed E-state index contributed by atoms with van der Waals surface area (Å²) < 4.78 is 11.2. The number of piperazine rings is 1. The van der Waals surface area contributed by atoms with Gasteiger partial charge in [-0.1, -0.05) is 33.3 Å². The van der Waals surface area contributed by atoms with Gasteiger partial charge in [0.2, 0.25) is 5.91 Å². The van der Waals surface area contributed by atoms with Crippen LogP contribution in [-0.4, -0.2) is 62.1 Å². The maximum atomic E-state index is 12.5. The number of hydrogen-bond donors (Lipinski definition) is 0. The number of amides is 1. The van der Waals surface area contributed by atoms with E-state index in [1.807, 2.05) is 29.2 Å². The summed E-state index contributed by atoms with van der Waals surface area (Å²) in [6.07, 6.45) is 5.62. The standard InChI is InChI=1S/C22H34N2O3/c1-5-6-15-27-20-9-7-19(16-21(20)26-4)8-10-22(25)24-13-11-23(12-14-24)17-18(2)3/h7-10,16,18H,5-6,11-15,17H2,1-4H3/b10-8+. The van der Waals surface area contributed by atoms with E-state index >= 15 is 0 Å². The Hall–Kier alpha value is -2.01. The van der Waals surface area contributed by atoms with Crippen LogP contribution in [0.3, 0.4) is 0 Å². The fourth-order valence-corrected chi connectivity index (χ4v) is 3.17. The minimum Gasteiger partial charge on any atom is -0.493 e. The zero-order valence-electron chi connectivity index (χ0n) is 17.2. The van der Waals surface area contributed by atoms with Gasteiger partial charge in [0.15, 0.2) is 11.5 Å². The van der Waals surface area contributed by atoms with Gasteiger partial charge in [-0.05, 0) is 36.1 Å². The van der Waals surface area contributed by atoms with Gasteiger partial charge in [-0.25, -0.2) is 0 Å². The van der Waals surface area contributed by atoms with Crippen LogP contribution in [0.5, 0.6) is 11.5 Å². The number of carbonyl (C=O) groups is 1. The lowest BCUT2D eigenvalue weighted by Crippen LogP contribution is -2.49.